The lowest BCUT2D eigenvalue weighted by atomic mass is 10.1. The SMILES string of the molecule is COc1cc(OC)c(OC)cc1CNC(=O)CSc1nnc(C2CC2)n1Cc1ccccc1. The van der Waals surface area contributed by atoms with Gasteiger partial charge in [-0.3, -0.25) is 4.79 Å². The molecule has 0 atom stereocenters. The quantitative estimate of drug-likeness (QED) is 0.430. The van der Waals surface area contributed by atoms with Crippen LogP contribution in [0.4, 0.5) is 0 Å². The second kappa shape index (κ2) is 10.6. The molecule has 0 radical (unpaired) electrons. The first kappa shape index (κ1) is 23.0. The molecule has 33 heavy (non-hydrogen) atoms. The van der Waals surface area contributed by atoms with Crippen molar-refractivity contribution in [1.29, 1.82) is 0 Å². The molecule has 1 heterocycles. The predicted octanol–water partition coefficient (Wildman–Crippen LogP) is 3.64. The Morgan fingerprint density at radius 1 is 1.03 bits per heavy atom. The summed E-state index contributed by atoms with van der Waals surface area (Å²) in [5.41, 5.74) is 1.99. The van der Waals surface area contributed by atoms with Crippen molar-refractivity contribution >= 4 is 17.7 Å². The molecular weight excluding hydrogens is 440 g/mol. The summed E-state index contributed by atoms with van der Waals surface area (Å²) in [6, 6.07) is 13.8. The van der Waals surface area contributed by atoms with Gasteiger partial charge in [0, 0.05) is 24.1 Å². The van der Waals surface area contributed by atoms with Crippen LogP contribution in [-0.4, -0.2) is 47.8 Å². The zero-order chi connectivity index (χ0) is 23.2. The van der Waals surface area contributed by atoms with E-state index in [-0.39, 0.29) is 11.7 Å². The maximum Gasteiger partial charge on any atom is 0.230 e. The van der Waals surface area contributed by atoms with Crippen molar-refractivity contribution in [1.82, 2.24) is 20.1 Å². The molecule has 1 aliphatic rings. The maximum absolute atomic E-state index is 12.6. The van der Waals surface area contributed by atoms with Gasteiger partial charge >= 0.3 is 0 Å². The molecule has 1 saturated carbocycles. The number of carbonyl (C=O) groups excluding carboxylic acids is 1. The summed E-state index contributed by atoms with van der Waals surface area (Å²) in [5, 5.41) is 12.5. The average molecular weight is 469 g/mol. The Morgan fingerprint density at radius 3 is 2.39 bits per heavy atom. The third-order valence-corrected chi connectivity index (χ3v) is 6.43. The first-order valence-corrected chi connectivity index (χ1v) is 11.8. The van der Waals surface area contributed by atoms with Gasteiger partial charge in [0.15, 0.2) is 16.7 Å². The molecule has 4 rings (SSSR count). The van der Waals surface area contributed by atoms with Gasteiger partial charge in [0.05, 0.1) is 33.6 Å². The second-order valence-electron chi connectivity index (χ2n) is 7.77. The average Bonchev–Trinajstić information content (AvgIpc) is 3.62. The number of nitrogens with zero attached hydrogens (tertiary/aromatic N) is 3. The Hall–Kier alpha value is -3.20. The number of aromatic nitrogens is 3. The van der Waals surface area contributed by atoms with E-state index in [2.05, 4.69) is 32.2 Å². The Kier molecular flexibility index (Phi) is 7.39. The van der Waals surface area contributed by atoms with Crippen LogP contribution in [0.3, 0.4) is 0 Å². The minimum Gasteiger partial charge on any atom is -0.496 e. The summed E-state index contributed by atoms with van der Waals surface area (Å²) < 4.78 is 18.3. The highest BCUT2D eigenvalue weighted by Gasteiger charge is 2.30. The molecule has 3 aromatic rings. The monoisotopic (exact) mass is 468 g/mol. The lowest BCUT2D eigenvalue weighted by Gasteiger charge is -2.14. The second-order valence-corrected chi connectivity index (χ2v) is 8.71. The van der Waals surface area contributed by atoms with E-state index >= 15 is 0 Å². The molecule has 1 aromatic heterocycles. The molecular formula is C24H28N4O4S. The van der Waals surface area contributed by atoms with E-state index in [1.807, 2.05) is 24.3 Å². The molecule has 0 unspecified atom stereocenters. The number of thioether (sulfide) groups is 1. The Labute approximate surface area is 197 Å². The van der Waals surface area contributed by atoms with E-state index in [0.29, 0.717) is 36.3 Å². The van der Waals surface area contributed by atoms with Crippen molar-refractivity contribution < 1.29 is 19.0 Å². The summed E-state index contributed by atoms with van der Waals surface area (Å²) >= 11 is 1.40. The van der Waals surface area contributed by atoms with Gasteiger partial charge in [0.2, 0.25) is 5.91 Å². The van der Waals surface area contributed by atoms with Crippen LogP contribution in [0.1, 0.15) is 35.7 Å². The minimum atomic E-state index is -0.0981. The smallest absolute Gasteiger partial charge is 0.230 e. The van der Waals surface area contributed by atoms with Crippen molar-refractivity contribution in [2.45, 2.75) is 37.0 Å². The summed E-state index contributed by atoms with van der Waals surface area (Å²) in [4.78, 5) is 12.6. The number of ether oxygens (including phenoxy) is 3. The van der Waals surface area contributed by atoms with Crippen LogP contribution in [0.5, 0.6) is 17.2 Å². The van der Waals surface area contributed by atoms with Crippen LogP contribution in [0.15, 0.2) is 47.6 Å². The Morgan fingerprint density at radius 2 is 1.73 bits per heavy atom. The molecule has 1 N–H and O–H groups in total. The number of carbonyl (C=O) groups is 1. The van der Waals surface area contributed by atoms with Gasteiger partial charge in [-0.2, -0.15) is 0 Å². The lowest BCUT2D eigenvalue weighted by molar-refractivity contribution is -0.118. The topological polar surface area (TPSA) is 87.5 Å². The molecule has 9 heteroatoms. The van der Waals surface area contributed by atoms with Crippen molar-refractivity contribution in [3.63, 3.8) is 0 Å². The third kappa shape index (κ3) is 5.60. The van der Waals surface area contributed by atoms with E-state index < -0.39 is 0 Å². The normalized spacial score (nSPS) is 12.9. The highest BCUT2D eigenvalue weighted by Crippen LogP contribution is 2.40. The molecule has 174 valence electrons. The summed E-state index contributed by atoms with van der Waals surface area (Å²) in [7, 11) is 4.73. The molecule has 1 fully saturated rings. The molecule has 0 bridgehead atoms. The number of rotatable bonds is 11. The van der Waals surface area contributed by atoms with Gasteiger partial charge in [-0.15, -0.1) is 10.2 Å². The van der Waals surface area contributed by atoms with E-state index in [9.17, 15) is 4.79 Å². The fourth-order valence-corrected chi connectivity index (χ4v) is 4.35. The zero-order valence-electron chi connectivity index (χ0n) is 19.0. The van der Waals surface area contributed by atoms with Crippen LogP contribution in [0.25, 0.3) is 0 Å². The van der Waals surface area contributed by atoms with Crippen molar-refractivity contribution in [3.05, 3.63) is 59.4 Å². The van der Waals surface area contributed by atoms with Crippen LogP contribution >= 0.6 is 11.8 Å². The minimum absolute atomic E-state index is 0.0981. The molecule has 2 aromatic carbocycles. The third-order valence-electron chi connectivity index (χ3n) is 5.47. The first-order valence-electron chi connectivity index (χ1n) is 10.8. The number of benzene rings is 2. The van der Waals surface area contributed by atoms with Crippen LogP contribution < -0.4 is 19.5 Å². The van der Waals surface area contributed by atoms with Gasteiger partial charge in [0.25, 0.3) is 0 Å². The van der Waals surface area contributed by atoms with Crippen molar-refractivity contribution in [2.75, 3.05) is 27.1 Å². The largest absolute Gasteiger partial charge is 0.496 e. The fraction of sp³-hybridized carbons (Fsp3) is 0.375. The number of nitrogens with one attached hydrogen (secondary N) is 1. The number of hydrogen-bond donors (Lipinski definition) is 1. The zero-order valence-corrected chi connectivity index (χ0v) is 19.9. The Balaban J connectivity index is 1.40. The number of amides is 1. The van der Waals surface area contributed by atoms with Crippen LogP contribution in [-0.2, 0) is 17.9 Å². The van der Waals surface area contributed by atoms with Gasteiger partial charge in [-0.1, -0.05) is 42.1 Å². The van der Waals surface area contributed by atoms with Crippen LogP contribution in [0, 0.1) is 0 Å². The van der Waals surface area contributed by atoms with Gasteiger partial charge < -0.3 is 24.1 Å². The van der Waals surface area contributed by atoms with Crippen molar-refractivity contribution in [2.24, 2.45) is 0 Å². The molecule has 8 nitrogen and oxygen atoms in total. The van der Waals surface area contributed by atoms with E-state index in [1.165, 1.54) is 17.3 Å². The Bertz CT molecular complexity index is 1100. The predicted molar refractivity (Wildman–Crippen MR) is 126 cm³/mol. The molecule has 0 aliphatic heterocycles. The summed E-state index contributed by atoms with van der Waals surface area (Å²) in [5.74, 6) is 3.41. The molecule has 0 saturated heterocycles. The van der Waals surface area contributed by atoms with E-state index in [1.54, 1.807) is 27.4 Å². The van der Waals surface area contributed by atoms with E-state index in [4.69, 9.17) is 14.2 Å². The van der Waals surface area contributed by atoms with Gasteiger partial charge in [0.1, 0.15) is 11.6 Å². The molecule has 0 spiro atoms. The van der Waals surface area contributed by atoms with Crippen molar-refractivity contribution in [3.8, 4) is 17.2 Å². The standard InChI is InChI=1S/C24H28N4O4S/c1-30-19-12-21(32-3)20(31-2)11-18(19)13-25-22(29)15-33-24-27-26-23(17-9-10-17)28(24)14-16-7-5-4-6-8-16/h4-8,11-12,17H,9-10,13-15H2,1-3H3,(H,25,29). The van der Waals surface area contributed by atoms with Crippen LogP contribution in [0.2, 0.25) is 0 Å². The molecule has 1 aliphatic carbocycles. The fourth-order valence-electron chi connectivity index (χ4n) is 3.57. The van der Waals surface area contributed by atoms with E-state index in [0.717, 1.165) is 29.4 Å². The first-order chi connectivity index (χ1) is 16.1. The lowest BCUT2D eigenvalue weighted by Crippen LogP contribution is -2.25. The maximum atomic E-state index is 12.6. The van der Waals surface area contributed by atoms with Gasteiger partial charge in [-0.05, 0) is 24.5 Å². The van der Waals surface area contributed by atoms with Gasteiger partial charge in [-0.25, -0.2) is 0 Å². The number of hydrogen-bond acceptors (Lipinski definition) is 7. The molecule has 1 amide bonds. The highest BCUT2D eigenvalue weighted by molar-refractivity contribution is 7.99. The summed E-state index contributed by atoms with van der Waals surface area (Å²) in [6.07, 6.45) is 2.29. The number of methoxy groups -OCH3 is 3. The highest BCUT2D eigenvalue weighted by atomic mass is 32.2. The summed E-state index contributed by atoms with van der Waals surface area (Å²) in [6.45, 7) is 1.01.